The van der Waals surface area contributed by atoms with Crippen LogP contribution in [0.4, 0.5) is 0 Å². The molecule has 0 spiro atoms. The number of nitrogens with one attached hydrogen (secondary N) is 1. The van der Waals surface area contributed by atoms with Gasteiger partial charge in [0.15, 0.2) is 5.69 Å². The van der Waals surface area contributed by atoms with Gasteiger partial charge in [0, 0.05) is 24.6 Å². The van der Waals surface area contributed by atoms with Gasteiger partial charge in [-0.25, -0.2) is 4.68 Å². The smallest absolute Gasteiger partial charge is 0.272 e. The zero-order chi connectivity index (χ0) is 15.1. The van der Waals surface area contributed by atoms with Crippen molar-refractivity contribution in [2.45, 2.75) is 12.5 Å². The first-order valence-corrected chi connectivity index (χ1v) is 8.15. The molecule has 5 nitrogen and oxygen atoms in total. The van der Waals surface area contributed by atoms with E-state index in [1.165, 1.54) is 0 Å². The van der Waals surface area contributed by atoms with Gasteiger partial charge in [-0.2, -0.15) is 16.9 Å². The summed E-state index contributed by atoms with van der Waals surface area (Å²) < 4.78 is 1.67. The minimum absolute atomic E-state index is 0.0422. The molecule has 0 radical (unpaired) electrons. The number of aliphatic hydroxyl groups excluding tert-OH is 1. The number of carbonyl (C=O) groups excluding carboxylic acids is 1. The van der Waals surface area contributed by atoms with E-state index in [-0.39, 0.29) is 18.6 Å². The van der Waals surface area contributed by atoms with Gasteiger partial charge in [0.25, 0.3) is 5.91 Å². The Morgan fingerprint density at radius 3 is 2.81 bits per heavy atom. The normalized spacial score (nSPS) is 12.1. The number of carbonyl (C=O) groups is 1. The van der Waals surface area contributed by atoms with E-state index in [9.17, 15) is 4.79 Å². The van der Waals surface area contributed by atoms with Crippen molar-refractivity contribution in [2.75, 3.05) is 18.6 Å². The summed E-state index contributed by atoms with van der Waals surface area (Å²) in [7, 11) is 0. The van der Waals surface area contributed by atoms with Gasteiger partial charge in [0.05, 0.1) is 5.69 Å². The number of amides is 1. The predicted molar refractivity (Wildman–Crippen MR) is 84.9 cm³/mol. The van der Waals surface area contributed by atoms with Crippen molar-refractivity contribution in [3.05, 3.63) is 48.3 Å². The van der Waals surface area contributed by atoms with Crippen molar-refractivity contribution in [3.63, 3.8) is 0 Å². The molecule has 0 aliphatic rings. The lowest BCUT2D eigenvalue weighted by atomic mass is 10.2. The fraction of sp³-hybridized carbons (Fsp3) is 0.333. The Bertz CT molecular complexity index is 565. The van der Waals surface area contributed by atoms with E-state index in [2.05, 4.69) is 10.4 Å². The Kier molecular flexibility index (Phi) is 5.83. The van der Waals surface area contributed by atoms with Crippen LogP contribution in [0.2, 0.25) is 0 Å². The maximum atomic E-state index is 12.2. The summed E-state index contributed by atoms with van der Waals surface area (Å²) in [5, 5.41) is 16.2. The van der Waals surface area contributed by atoms with E-state index in [0.29, 0.717) is 12.1 Å². The highest BCUT2D eigenvalue weighted by molar-refractivity contribution is 7.98. The van der Waals surface area contributed by atoms with Crippen LogP contribution < -0.4 is 5.32 Å². The first kappa shape index (κ1) is 15.6. The zero-order valence-corrected chi connectivity index (χ0v) is 12.7. The van der Waals surface area contributed by atoms with Crippen molar-refractivity contribution in [1.82, 2.24) is 15.1 Å². The van der Waals surface area contributed by atoms with Gasteiger partial charge in [-0.05, 0) is 30.9 Å². The van der Waals surface area contributed by atoms with Gasteiger partial charge >= 0.3 is 0 Å². The van der Waals surface area contributed by atoms with Gasteiger partial charge in [-0.1, -0.05) is 18.2 Å². The number of benzene rings is 1. The van der Waals surface area contributed by atoms with Crippen molar-refractivity contribution in [3.8, 4) is 5.69 Å². The molecule has 2 N–H and O–H groups in total. The highest BCUT2D eigenvalue weighted by Crippen LogP contribution is 2.08. The summed E-state index contributed by atoms with van der Waals surface area (Å²) in [6, 6.07) is 11.3. The monoisotopic (exact) mass is 305 g/mol. The minimum atomic E-state index is -0.211. The Morgan fingerprint density at radius 1 is 1.38 bits per heavy atom. The number of hydrogen-bond donors (Lipinski definition) is 2. The molecule has 1 unspecified atom stereocenters. The SMILES string of the molecule is CSCC(CCO)NC(=O)c1ccn(-c2ccccc2)n1. The quantitative estimate of drug-likeness (QED) is 0.817. The van der Waals surface area contributed by atoms with Gasteiger partial charge in [0.1, 0.15) is 0 Å². The molecule has 6 heteroatoms. The van der Waals surface area contributed by atoms with E-state index in [1.54, 1.807) is 28.7 Å². The van der Waals surface area contributed by atoms with Crippen LogP contribution in [-0.4, -0.2) is 45.5 Å². The van der Waals surface area contributed by atoms with Crippen molar-refractivity contribution < 1.29 is 9.90 Å². The number of rotatable bonds is 7. The summed E-state index contributed by atoms with van der Waals surface area (Å²) in [5.41, 5.74) is 1.29. The van der Waals surface area contributed by atoms with E-state index < -0.39 is 0 Å². The Balaban J connectivity index is 2.05. The fourth-order valence-electron chi connectivity index (χ4n) is 1.98. The molecule has 0 saturated heterocycles. The van der Waals surface area contributed by atoms with Crippen LogP contribution >= 0.6 is 11.8 Å². The second kappa shape index (κ2) is 7.85. The Morgan fingerprint density at radius 2 is 2.14 bits per heavy atom. The molecule has 1 heterocycles. The second-order valence-electron chi connectivity index (χ2n) is 4.62. The highest BCUT2D eigenvalue weighted by atomic mass is 32.2. The molecule has 0 saturated carbocycles. The number of para-hydroxylation sites is 1. The van der Waals surface area contributed by atoms with Gasteiger partial charge in [-0.15, -0.1) is 0 Å². The number of aromatic nitrogens is 2. The third kappa shape index (κ3) is 4.34. The van der Waals surface area contributed by atoms with Crippen LogP contribution in [0.3, 0.4) is 0 Å². The lowest BCUT2D eigenvalue weighted by Crippen LogP contribution is -2.37. The van der Waals surface area contributed by atoms with E-state index >= 15 is 0 Å². The summed E-state index contributed by atoms with van der Waals surface area (Å²) in [6.07, 6.45) is 4.28. The first-order chi connectivity index (χ1) is 10.2. The Labute approximate surface area is 128 Å². The molecule has 112 valence electrons. The minimum Gasteiger partial charge on any atom is -0.396 e. The molecule has 2 rings (SSSR count). The predicted octanol–water partition coefficient (Wildman–Crippen LogP) is 1.72. The molecule has 0 bridgehead atoms. The third-order valence-corrected chi connectivity index (χ3v) is 3.76. The van der Waals surface area contributed by atoms with Gasteiger partial charge < -0.3 is 10.4 Å². The third-order valence-electron chi connectivity index (χ3n) is 3.02. The standard InChI is InChI=1S/C15H19N3O2S/c1-21-11-12(8-10-19)16-15(20)14-7-9-18(17-14)13-5-3-2-4-6-13/h2-7,9,12,19H,8,10-11H2,1H3,(H,16,20). The lowest BCUT2D eigenvalue weighted by Gasteiger charge is -2.15. The van der Waals surface area contributed by atoms with Crippen molar-refractivity contribution in [1.29, 1.82) is 0 Å². The molecule has 1 atom stereocenters. The van der Waals surface area contributed by atoms with Crippen LogP contribution in [0.25, 0.3) is 5.69 Å². The molecule has 0 aliphatic heterocycles. The maximum Gasteiger partial charge on any atom is 0.272 e. The maximum absolute atomic E-state index is 12.2. The molecule has 2 aromatic rings. The molecule has 21 heavy (non-hydrogen) atoms. The fourth-order valence-corrected chi connectivity index (χ4v) is 2.64. The van der Waals surface area contributed by atoms with Gasteiger partial charge in [0.2, 0.25) is 0 Å². The molecule has 0 fully saturated rings. The van der Waals surface area contributed by atoms with Crippen LogP contribution in [-0.2, 0) is 0 Å². The molecule has 1 aromatic carbocycles. The van der Waals surface area contributed by atoms with Crippen molar-refractivity contribution >= 4 is 17.7 Å². The number of hydrogen-bond acceptors (Lipinski definition) is 4. The van der Waals surface area contributed by atoms with Gasteiger partial charge in [-0.3, -0.25) is 4.79 Å². The Hall–Kier alpha value is -1.79. The average molecular weight is 305 g/mol. The van der Waals surface area contributed by atoms with E-state index in [0.717, 1.165) is 11.4 Å². The van der Waals surface area contributed by atoms with Crippen LogP contribution in [0.15, 0.2) is 42.6 Å². The topological polar surface area (TPSA) is 67.2 Å². The first-order valence-electron chi connectivity index (χ1n) is 6.76. The summed E-state index contributed by atoms with van der Waals surface area (Å²) in [5.74, 6) is 0.559. The largest absolute Gasteiger partial charge is 0.396 e. The second-order valence-corrected chi connectivity index (χ2v) is 5.53. The molecular formula is C15H19N3O2S. The molecule has 0 aliphatic carbocycles. The molecular weight excluding hydrogens is 286 g/mol. The summed E-state index contributed by atoms with van der Waals surface area (Å²) in [4.78, 5) is 12.2. The molecule has 1 aromatic heterocycles. The number of aliphatic hydroxyl groups is 1. The zero-order valence-electron chi connectivity index (χ0n) is 11.9. The van der Waals surface area contributed by atoms with Crippen molar-refractivity contribution in [2.24, 2.45) is 0 Å². The van der Waals surface area contributed by atoms with Crippen LogP contribution in [0, 0.1) is 0 Å². The van der Waals surface area contributed by atoms with Crippen LogP contribution in [0.1, 0.15) is 16.9 Å². The summed E-state index contributed by atoms with van der Waals surface area (Å²) in [6.45, 7) is 0.0595. The van der Waals surface area contributed by atoms with E-state index in [1.807, 2.05) is 36.6 Å². The number of thioether (sulfide) groups is 1. The molecule has 1 amide bonds. The van der Waals surface area contributed by atoms with E-state index in [4.69, 9.17) is 5.11 Å². The van der Waals surface area contributed by atoms with Crippen LogP contribution in [0.5, 0.6) is 0 Å². The average Bonchev–Trinajstić information content (AvgIpc) is 2.98. The lowest BCUT2D eigenvalue weighted by molar-refractivity contribution is 0.0930. The number of nitrogens with zero attached hydrogens (tertiary/aromatic N) is 2. The summed E-state index contributed by atoms with van der Waals surface area (Å²) >= 11 is 1.64. The highest BCUT2D eigenvalue weighted by Gasteiger charge is 2.15.